The first-order valence-corrected chi connectivity index (χ1v) is 12.0. The monoisotopic (exact) mass is 460 g/mol. The second-order valence-corrected chi connectivity index (χ2v) is 9.65. The molecule has 34 heavy (non-hydrogen) atoms. The molecule has 7 nitrogen and oxygen atoms in total. The van der Waals surface area contributed by atoms with E-state index in [2.05, 4.69) is 37.9 Å². The van der Waals surface area contributed by atoms with E-state index >= 15 is 4.39 Å². The van der Waals surface area contributed by atoms with Gasteiger partial charge in [0.1, 0.15) is 11.3 Å². The molecule has 8 heteroatoms. The van der Waals surface area contributed by atoms with Gasteiger partial charge >= 0.3 is 0 Å². The smallest absolute Gasteiger partial charge is 0.156 e. The van der Waals surface area contributed by atoms with Crippen LogP contribution in [0.5, 0.6) is 0 Å². The summed E-state index contributed by atoms with van der Waals surface area (Å²) in [6.07, 6.45) is 10.7. The molecule has 0 saturated carbocycles. The predicted octanol–water partition coefficient (Wildman–Crippen LogP) is 4.71. The van der Waals surface area contributed by atoms with Gasteiger partial charge in [-0.2, -0.15) is 5.10 Å². The lowest BCUT2D eigenvalue weighted by Crippen LogP contribution is -2.31. The molecule has 0 bridgehead atoms. The Balaban J connectivity index is 1.33. The molecule has 3 aromatic heterocycles. The number of fused-ring (bicyclic) bond motifs is 1. The highest BCUT2D eigenvalue weighted by Gasteiger charge is 2.24. The van der Waals surface area contributed by atoms with Gasteiger partial charge in [-0.3, -0.25) is 4.68 Å². The summed E-state index contributed by atoms with van der Waals surface area (Å²) in [5.41, 5.74) is 6.54. The minimum Gasteiger partial charge on any atom is -0.381 e. The number of rotatable bonds is 4. The number of ether oxygens (including phenoxy) is 1. The van der Waals surface area contributed by atoms with Gasteiger partial charge in [-0.1, -0.05) is 0 Å². The lowest BCUT2D eigenvalue weighted by atomic mass is 9.91. The van der Waals surface area contributed by atoms with Crippen molar-refractivity contribution in [3.8, 4) is 22.4 Å². The van der Waals surface area contributed by atoms with Crippen molar-refractivity contribution in [3.63, 3.8) is 0 Å². The summed E-state index contributed by atoms with van der Waals surface area (Å²) in [5, 5.41) is 4.66. The Morgan fingerprint density at radius 2 is 1.97 bits per heavy atom. The molecule has 0 radical (unpaired) electrons. The number of likely N-dealkylation sites (tertiary alicyclic amines) is 1. The van der Waals surface area contributed by atoms with Gasteiger partial charge in [0.05, 0.1) is 30.7 Å². The van der Waals surface area contributed by atoms with Gasteiger partial charge < -0.3 is 14.6 Å². The van der Waals surface area contributed by atoms with Crippen molar-refractivity contribution >= 4 is 11.2 Å². The van der Waals surface area contributed by atoms with Crippen LogP contribution < -0.4 is 0 Å². The van der Waals surface area contributed by atoms with Crippen LogP contribution in [0, 0.1) is 12.7 Å². The molecule has 2 aliphatic rings. The van der Waals surface area contributed by atoms with E-state index in [1.807, 2.05) is 25.4 Å². The lowest BCUT2D eigenvalue weighted by Gasteiger charge is -2.28. The molecule has 0 aliphatic carbocycles. The number of aryl methyl sites for hydroxylation is 1. The zero-order chi connectivity index (χ0) is 23.2. The quantitative estimate of drug-likeness (QED) is 0.478. The molecule has 2 fully saturated rings. The average molecular weight is 461 g/mol. The van der Waals surface area contributed by atoms with Crippen molar-refractivity contribution < 1.29 is 9.13 Å². The Morgan fingerprint density at radius 3 is 2.74 bits per heavy atom. The molecule has 5 heterocycles. The molecular formula is C26H29FN6O. The molecule has 1 N–H and O–H groups in total. The van der Waals surface area contributed by atoms with Crippen LogP contribution in [0.15, 0.2) is 36.9 Å². The molecule has 176 valence electrons. The summed E-state index contributed by atoms with van der Waals surface area (Å²) >= 11 is 0. The summed E-state index contributed by atoms with van der Waals surface area (Å²) in [6, 6.07) is 4.02. The van der Waals surface area contributed by atoms with Gasteiger partial charge in [-0.05, 0) is 69.6 Å². The molecule has 2 saturated heterocycles. The molecule has 2 aliphatic heterocycles. The molecule has 1 atom stereocenters. The third-order valence-corrected chi connectivity index (χ3v) is 7.33. The zero-order valence-corrected chi connectivity index (χ0v) is 19.6. The SMILES string of the molecule is Cc1cc(-c2cnc3[nH]cc(-c4cnn(C5CCN(C)CC5)c4)c3n2)cc(F)c1C1CCOC1. The van der Waals surface area contributed by atoms with Crippen LogP contribution in [-0.4, -0.2) is 63.0 Å². The number of halogens is 1. The standard InChI is InChI=1S/C26H29FN6O/c1-16-9-18(10-22(27)24(16)17-5-8-34-15-17)23-13-29-26-25(31-23)21(12-28-26)19-11-30-33(14-19)20-3-6-32(2)7-4-20/h9-14,17,20H,3-8,15H2,1-2H3,(H,28,29). The third kappa shape index (κ3) is 3.80. The van der Waals surface area contributed by atoms with Crippen LogP contribution >= 0.6 is 0 Å². The maximum atomic E-state index is 15.1. The highest BCUT2D eigenvalue weighted by molar-refractivity contribution is 5.91. The summed E-state index contributed by atoms with van der Waals surface area (Å²) < 4.78 is 22.7. The Hall–Kier alpha value is -3.10. The lowest BCUT2D eigenvalue weighted by molar-refractivity contribution is 0.193. The second kappa shape index (κ2) is 8.60. The van der Waals surface area contributed by atoms with E-state index in [1.54, 1.807) is 12.3 Å². The first kappa shape index (κ1) is 21.4. The van der Waals surface area contributed by atoms with E-state index in [9.17, 15) is 0 Å². The molecule has 0 amide bonds. The van der Waals surface area contributed by atoms with E-state index in [0.717, 1.165) is 65.7 Å². The summed E-state index contributed by atoms with van der Waals surface area (Å²) in [4.78, 5) is 15.0. The Bertz CT molecular complexity index is 1310. The Morgan fingerprint density at radius 1 is 1.12 bits per heavy atom. The highest BCUT2D eigenvalue weighted by Crippen LogP contribution is 2.34. The number of nitrogens with one attached hydrogen (secondary N) is 1. The van der Waals surface area contributed by atoms with Gasteiger partial charge in [0.15, 0.2) is 5.65 Å². The number of hydrogen-bond acceptors (Lipinski definition) is 5. The van der Waals surface area contributed by atoms with Gasteiger partial charge in [-0.25, -0.2) is 14.4 Å². The van der Waals surface area contributed by atoms with Crippen molar-refractivity contribution in [2.24, 2.45) is 0 Å². The fourth-order valence-electron chi connectivity index (χ4n) is 5.37. The summed E-state index contributed by atoms with van der Waals surface area (Å²) in [6.45, 7) is 5.42. The zero-order valence-electron chi connectivity index (χ0n) is 19.6. The molecule has 0 spiro atoms. The second-order valence-electron chi connectivity index (χ2n) is 9.65. The van der Waals surface area contributed by atoms with Crippen molar-refractivity contribution in [3.05, 3.63) is 53.9 Å². The van der Waals surface area contributed by atoms with Crippen LogP contribution in [-0.2, 0) is 4.74 Å². The average Bonchev–Trinajstić information content (AvgIpc) is 3.59. The number of benzene rings is 1. The number of nitrogens with zero attached hydrogens (tertiary/aromatic N) is 5. The molecule has 4 aromatic rings. The Labute approximate surface area is 198 Å². The number of piperidine rings is 1. The van der Waals surface area contributed by atoms with Gasteiger partial charge in [0, 0.05) is 41.6 Å². The molecule has 1 unspecified atom stereocenters. The fraction of sp³-hybridized carbons (Fsp3) is 0.423. The van der Waals surface area contributed by atoms with Gasteiger partial charge in [0.2, 0.25) is 0 Å². The van der Waals surface area contributed by atoms with E-state index in [-0.39, 0.29) is 11.7 Å². The molecule has 6 rings (SSSR count). The molecule has 1 aromatic carbocycles. The minimum atomic E-state index is -0.193. The highest BCUT2D eigenvalue weighted by atomic mass is 19.1. The largest absolute Gasteiger partial charge is 0.381 e. The van der Waals surface area contributed by atoms with Crippen LogP contribution in [0.25, 0.3) is 33.5 Å². The fourth-order valence-corrected chi connectivity index (χ4v) is 5.37. The van der Waals surface area contributed by atoms with Gasteiger partial charge in [-0.15, -0.1) is 0 Å². The van der Waals surface area contributed by atoms with Crippen molar-refractivity contribution in [1.29, 1.82) is 0 Å². The molecular weight excluding hydrogens is 431 g/mol. The van der Waals surface area contributed by atoms with Crippen LogP contribution in [0.4, 0.5) is 4.39 Å². The summed E-state index contributed by atoms with van der Waals surface area (Å²) in [7, 11) is 2.16. The minimum absolute atomic E-state index is 0.125. The van der Waals surface area contributed by atoms with E-state index in [0.29, 0.717) is 30.6 Å². The first-order chi connectivity index (χ1) is 16.6. The number of aromatic nitrogens is 5. The van der Waals surface area contributed by atoms with E-state index < -0.39 is 0 Å². The number of hydrogen-bond donors (Lipinski definition) is 1. The Kier molecular flexibility index (Phi) is 5.42. The maximum Gasteiger partial charge on any atom is 0.156 e. The van der Waals surface area contributed by atoms with Crippen molar-refractivity contribution in [1.82, 2.24) is 29.6 Å². The van der Waals surface area contributed by atoms with Crippen LogP contribution in [0.3, 0.4) is 0 Å². The number of H-pyrrole nitrogens is 1. The van der Waals surface area contributed by atoms with Crippen LogP contribution in [0.1, 0.15) is 42.3 Å². The maximum absolute atomic E-state index is 15.1. The van der Waals surface area contributed by atoms with Crippen molar-refractivity contribution in [2.75, 3.05) is 33.4 Å². The van der Waals surface area contributed by atoms with E-state index in [1.165, 1.54) is 0 Å². The van der Waals surface area contributed by atoms with E-state index in [4.69, 9.17) is 9.72 Å². The van der Waals surface area contributed by atoms with Crippen LogP contribution in [0.2, 0.25) is 0 Å². The number of aromatic amines is 1. The van der Waals surface area contributed by atoms with Gasteiger partial charge in [0.25, 0.3) is 0 Å². The normalized spacial score (nSPS) is 19.9. The topological polar surface area (TPSA) is 71.9 Å². The third-order valence-electron chi connectivity index (χ3n) is 7.33. The first-order valence-electron chi connectivity index (χ1n) is 12.0. The predicted molar refractivity (Wildman–Crippen MR) is 129 cm³/mol. The van der Waals surface area contributed by atoms with Crippen molar-refractivity contribution in [2.45, 2.75) is 38.1 Å². The summed E-state index contributed by atoms with van der Waals surface area (Å²) in [5.74, 6) is -0.0684.